The van der Waals surface area contributed by atoms with Crippen molar-refractivity contribution in [3.05, 3.63) is 59.9 Å². The molecule has 0 aromatic heterocycles. The Morgan fingerprint density at radius 3 is 2.24 bits per heavy atom. The van der Waals surface area contributed by atoms with Crippen LogP contribution < -0.4 is 10.0 Å². The third-order valence-corrected chi connectivity index (χ3v) is 8.87. The number of benzene rings is 2. The van der Waals surface area contributed by atoms with E-state index < -0.39 is 42.6 Å². The normalized spacial score (nSPS) is 15.2. The Balaban J connectivity index is 1.61. The second kappa shape index (κ2) is 9.87. The van der Waals surface area contributed by atoms with Crippen molar-refractivity contribution in [3.63, 3.8) is 0 Å². The van der Waals surface area contributed by atoms with E-state index in [1.165, 1.54) is 48.3 Å². The van der Waals surface area contributed by atoms with Gasteiger partial charge in [-0.15, -0.1) is 0 Å². The van der Waals surface area contributed by atoms with Gasteiger partial charge in [0.25, 0.3) is 15.9 Å². The van der Waals surface area contributed by atoms with Crippen LogP contribution in [-0.2, 0) is 24.7 Å². The molecule has 0 unspecified atom stereocenters. The number of amides is 2. The van der Waals surface area contributed by atoms with Crippen LogP contribution in [0.3, 0.4) is 0 Å². The summed E-state index contributed by atoms with van der Waals surface area (Å²) in [4.78, 5) is 25.5. The van der Waals surface area contributed by atoms with Gasteiger partial charge in [0.1, 0.15) is 11.6 Å². The topological polar surface area (TPSA) is 130 Å². The minimum Gasteiger partial charge on any atom is -0.358 e. The molecular formula is C21H24FN3O6S2. The van der Waals surface area contributed by atoms with Gasteiger partial charge in [-0.2, -0.15) is 0 Å². The van der Waals surface area contributed by atoms with Crippen LogP contribution in [0.25, 0.3) is 0 Å². The summed E-state index contributed by atoms with van der Waals surface area (Å²) in [6.45, 7) is 0.453. The van der Waals surface area contributed by atoms with Crippen molar-refractivity contribution in [3.8, 4) is 0 Å². The lowest BCUT2D eigenvalue weighted by atomic mass is 10.1. The van der Waals surface area contributed by atoms with Gasteiger partial charge >= 0.3 is 0 Å². The molecule has 1 saturated heterocycles. The number of carbonyl (C=O) groups is 2. The Morgan fingerprint density at radius 2 is 1.67 bits per heavy atom. The molecule has 0 radical (unpaired) electrons. The van der Waals surface area contributed by atoms with E-state index in [1.807, 2.05) is 0 Å². The summed E-state index contributed by atoms with van der Waals surface area (Å²) in [6, 6.07) is 10.4. The number of nitrogens with zero attached hydrogens (tertiary/aromatic N) is 1. The van der Waals surface area contributed by atoms with Crippen LogP contribution in [0, 0.1) is 5.82 Å². The summed E-state index contributed by atoms with van der Waals surface area (Å²) < 4.78 is 65.1. The number of halogens is 1. The van der Waals surface area contributed by atoms with E-state index >= 15 is 0 Å². The quantitative estimate of drug-likeness (QED) is 0.595. The van der Waals surface area contributed by atoms with Crippen LogP contribution in [0.5, 0.6) is 0 Å². The Kier molecular flexibility index (Phi) is 7.38. The number of sulfone groups is 1. The predicted molar refractivity (Wildman–Crippen MR) is 120 cm³/mol. The fraction of sp³-hybridized carbons (Fsp3) is 0.333. The highest BCUT2D eigenvalue weighted by Crippen LogP contribution is 2.22. The van der Waals surface area contributed by atoms with E-state index in [0.29, 0.717) is 5.56 Å². The summed E-state index contributed by atoms with van der Waals surface area (Å²) >= 11 is 0. The van der Waals surface area contributed by atoms with E-state index in [4.69, 9.17) is 0 Å². The molecule has 1 aliphatic rings. The number of hydrogen-bond donors (Lipinski definition) is 2. The second-order valence-electron chi connectivity index (χ2n) is 7.61. The lowest BCUT2D eigenvalue weighted by Crippen LogP contribution is -2.44. The molecule has 0 aliphatic carbocycles. The van der Waals surface area contributed by atoms with Gasteiger partial charge in [-0.3, -0.25) is 14.3 Å². The molecular weight excluding hydrogens is 473 g/mol. The van der Waals surface area contributed by atoms with Crippen molar-refractivity contribution in [2.24, 2.45) is 0 Å². The smallest absolute Gasteiger partial charge is 0.261 e. The van der Waals surface area contributed by atoms with E-state index in [1.54, 1.807) is 0 Å². The fourth-order valence-electron chi connectivity index (χ4n) is 3.50. The van der Waals surface area contributed by atoms with Crippen LogP contribution in [0.15, 0.2) is 53.4 Å². The molecule has 12 heteroatoms. The number of rotatable bonds is 7. The molecule has 0 spiro atoms. The summed E-state index contributed by atoms with van der Waals surface area (Å²) in [7, 11) is -6.21. The first-order valence-corrected chi connectivity index (χ1v) is 13.3. The van der Waals surface area contributed by atoms with Gasteiger partial charge in [0.05, 0.1) is 10.1 Å². The minimum atomic E-state index is -3.99. The van der Waals surface area contributed by atoms with E-state index in [9.17, 15) is 30.8 Å². The van der Waals surface area contributed by atoms with Gasteiger partial charge in [-0.05, 0) is 55.3 Å². The Morgan fingerprint density at radius 1 is 1.03 bits per heavy atom. The van der Waals surface area contributed by atoms with Crippen molar-refractivity contribution in [1.82, 2.24) is 10.2 Å². The Labute approximate surface area is 192 Å². The monoisotopic (exact) mass is 497 g/mol. The molecule has 2 amide bonds. The maximum Gasteiger partial charge on any atom is 0.261 e. The first kappa shape index (κ1) is 24.6. The molecule has 2 aromatic carbocycles. The number of carbonyl (C=O) groups excluding carboxylic acids is 2. The molecule has 33 heavy (non-hydrogen) atoms. The molecule has 1 fully saturated rings. The SMILES string of the molecule is CNC(=O)CS(=O)(=O)C1CCN(C(=O)c2ccc(NS(=O)(=O)c3cccc(F)c3)cc2)CC1. The molecule has 9 nitrogen and oxygen atoms in total. The van der Waals surface area contributed by atoms with Crippen molar-refractivity contribution in [1.29, 1.82) is 0 Å². The highest BCUT2D eigenvalue weighted by atomic mass is 32.2. The molecule has 178 valence electrons. The Bertz CT molecular complexity index is 1240. The first-order chi connectivity index (χ1) is 15.5. The fourth-order valence-corrected chi connectivity index (χ4v) is 6.27. The third kappa shape index (κ3) is 6.08. The molecule has 2 N–H and O–H groups in total. The van der Waals surface area contributed by atoms with Crippen LogP contribution in [0.2, 0.25) is 0 Å². The molecule has 1 heterocycles. The maximum atomic E-state index is 13.3. The number of likely N-dealkylation sites (tertiary alicyclic amines) is 1. The number of sulfonamides is 1. The summed E-state index contributed by atoms with van der Waals surface area (Å²) in [6.07, 6.45) is 0.465. The van der Waals surface area contributed by atoms with Gasteiger partial charge in [0, 0.05) is 31.4 Å². The van der Waals surface area contributed by atoms with E-state index in [0.717, 1.165) is 12.1 Å². The average Bonchev–Trinajstić information content (AvgIpc) is 2.78. The zero-order chi connectivity index (χ0) is 24.2. The molecule has 0 bridgehead atoms. The van der Waals surface area contributed by atoms with Crippen molar-refractivity contribution >= 4 is 37.4 Å². The lowest BCUT2D eigenvalue weighted by Gasteiger charge is -2.31. The standard InChI is InChI=1S/C21H24FN3O6S2/c1-23-20(26)14-32(28,29)18-9-11-25(12-10-18)21(27)15-5-7-17(8-6-15)24-33(30,31)19-4-2-3-16(22)13-19/h2-8,13,18,24H,9-12,14H2,1H3,(H,23,26). The van der Waals surface area contributed by atoms with Gasteiger partial charge in [0.15, 0.2) is 9.84 Å². The summed E-state index contributed by atoms with van der Waals surface area (Å²) in [5.41, 5.74) is 0.519. The molecule has 0 atom stereocenters. The van der Waals surface area contributed by atoms with Crippen LogP contribution in [0.4, 0.5) is 10.1 Å². The van der Waals surface area contributed by atoms with Crippen LogP contribution >= 0.6 is 0 Å². The zero-order valence-corrected chi connectivity index (χ0v) is 19.5. The highest BCUT2D eigenvalue weighted by Gasteiger charge is 2.33. The van der Waals surface area contributed by atoms with E-state index in [-0.39, 0.29) is 42.4 Å². The predicted octanol–water partition coefficient (Wildman–Crippen LogP) is 1.39. The first-order valence-electron chi connectivity index (χ1n) is 10.1. The van der Waals surface area contributed by atoms with Gasteiger partial charge < -0.3 is 10.2 Å². The minimum absolute atomic E-state index is 0.204. The van der Waals surface area contributed by atoms with Crippen LogP contribution in [0.1, 0.15) is 23.2 Å². The molecule has 3 rings (SSSR count). The van der Waals surface area contributed by atoms with Gasteiger partial charge in [-0.25, -0.2) is 21.2 Å². The lowest BCUT2D eigenvalue weighted by molar-refractivity contribution is -0.118. The largest absolute Gasteiger partial charge is 0.358 e. The molecule has 2 aromatic rings. The average molecular weight is 498 g/mol. The Hall–Kier alpha value is -2.99. The summed E-state index contributed by atoms with van der Waals surface area (Å²) in [5, 5.41) is 1.61. The zero-order valence-electron chi connectivity index (χ0n) is 17.8. The summed E-state index contributed by atoms with van der Waals surface area (Å²) in [5.74, 6) is -2.13. The molecule has 1 aliphatic heterocycles. The van der Waals surface area contributed by atoms with Gasteiger partial charge in [0.2, 0.25) is 5.91 Å². The number of hydrogen-bond acceptors (Lipinski definition) is 6. The highest BCUT2D eigenvalue weighted by molar-refractivity contribution is 7.93. The number of piperidine rings is 1. The second-order valence-corrected chi connectivity index (χ2v) is 11.6. The van der Waals surface area contributed by atoms with Gasteiger partial charge in [-0.1, -0.05) is 6.07 Å². The van der Waals surface area contributed by atoms with Crippen molar-refractivity contribution in [2.45, 2.75) is 23.0 Å². The molecule has 0 saturated carbocycles. The number of nitrogens with one attached hydrogen (secondary N) is 2. The van der Waals surface area contributed by atoms with Crippen molar-refractivity contribution < 1.29 is 30.8 Å². The third-order valence-electron chi connectivity index (χ3n) is 5.34. The van der Waals surface area contributed by atoms with Crippen LogP contribution in [-0.4, -0.2) is 64.7 Å². The maximum absolute atomic E-state index is 13.3. The van der Waals surface area contributed by atoms with E-state index in [2.05, 4.69) is 10.0 Å². The number of anilines is 1. The van der Waals surface area contributed by atoms with Crippen molar-refractivity contribution in [2.75, 3.05) is 30.6 Å².